The number of hydrogen-bond acceptors (Lipinski definition) is 13. The first kappa shape index (κ1) is 31.7. The van der Waals surface area contributed by atoms with Gasteiger partial charge in [-0.05, 0) is 53.9 Å². The molecule has 43 heavy (non-hydrogen) atoms. The molecule has 0 radical (unpaired) electrons. The summed E-state index contributed by atoms with van der Waals surface area (Å²) in [5, 5.41) is 19.5. The number of hydrazone groups is 1. The highest BCUT2D eigenvalue weighted by molar-refractivity contribution is 7.87. The zero-order valence-electron chi connectivity index (χ0n) is 20.4. The molecule has 5 N–H and O–H groups in total. The lowest BCUT2D eigenvalue weighted by Crippen LogP contribution is -2.33. The number of nitrogens with zero attached hydrogens (tertiary/aromatic N) is 4. The molecule has 0 aliphatic carbocycles. The Kier molecular flexibility index (Phi) is 7.73. The molecule has 1 aliphatic rings. The Labute approximate surface area is 240 Å². The lowest BCUT2D eigenvalue weighted by atomic mass is 10.1. The molecule has 0 fully saturated rings. The highest BCUT2D eigenvalue weighted by Gasteiger charge is 2.41. The smallest absolute Gasteiger partial charge is 0.355 e. The fourth-order valence-electron chi connectivity index (χ4n) is 3.74. The van der Waals surface area contributed by atoms with Gasteiger partial charge in [0.1, 0.15) is 15.5 Å². The summed E-state index contributed by atoms with van der Waals surface area (Å²) in [6.45, 7) is 0. The van der Waals surface area contributed by atoms with Gasteiger partial charge in [0.2, 0.25) is 6.04 Å². The van der Waals surface area contributed by atoms with Crippen LogP contribution in [0.1, 0.15) is 0 Å². The molecule has 3 aromatic carbocycles. The number of aliphatic carboxylic acids is 1. The van der Waals surface area contributed by atoms with Crippen molar-refractivity contribution in [2.75, 3.05) is 5.01 Å². The minimum atomic E-state index is -5.27. The van der Waals surface area contributed by atoms with Crippen molar-refractivity contribution in [3.05, 3.63) is 48.5 Å². The molecule has 1 amide bonds. The zero-order chi connectivity index (χ0) is 32.3. The van der Waals surface area contributed by atoms with Crippen LogP contribution in [-0.2, 0) is 50.1 Å². The molecule has 0 aromatic heterocycles. The fraction of sp³-hybridized carbons (Fsp3) is 0.0500. The molecule has 1 atom stereocenters. The van der Waals surface area contributed by atoms with Crippen LogP contribution < -0.4 is 5.01 Å². The van der Waals surface area contributed by atoms with E-state index in [-0.39, 0.29) is 5.69 Å². The molecule has 0 saturated heterocycles. The maximum absolute atomic E-state index is 13.0. The average Bonchev–Trinajstić information content (AvgIpc) is 3.20. The summed E-state index contributed by atoms with van der Waals surface area (Å²) in [4.78, 5) is 20.8. The first-order chi connectivity index (χ1) is 19.6. The van der Waals surface area contributed by atoms with E-state index < -0.39 is 100 Å². The molecule has 0 saturated carbocycles. The third-order valence-corrected chi connectivity index (χ3v) is 9.09. The molecular weight excluding hydrogens is 665 g/mol. The van der Waals surface area contributed by atoms with Gasteiger partial charge in [-0.25, -0.2) is 4.79 Å². The van der Waals surface area contributed by atoms with Crippen LogP contribution in [0.2, 0.25) is 0 Å². The number of carbonyl (C=O) groups is 2. The lowest BCUT2D eigenvalue weighted by molar-refractivity contribution is -0.130. The van der Waals surface area contributed by atoms with E-state index in [2.05, 4.69) is 15.3 Å². The summed E-state index contributed by atoms with van der Waals surface area (Å²) < 4.78 is 132. The van der Waals surface area contributed by atoms with E-state index in [1.807, 2.05) is 0 Å². The molecule has 1 unspecified atom stereocenters. The zero-order valence-corrected chi connectivity index (χ0v) is 23.7. The normalized spacial score (nSPS) is 16.7. The van der Waals surface area contributed by atoms with Gasteiger partial charge in [-0.1, -0.05) is 0 Å². The third-order valence-electron chi connectivity index (χ3n) is 5.61. The number of rotatable bonds is 8. The molecule has 1 aliphatic heterocycles. The second-order valence-electron chi connectivity index (χ2n) is 8.42. The Morgan fingerprint density at radius 1 is 0.744 bits per heavy atom. The molecule has 1 heterocycles. The van der Waals surface area contributed by atoms with Crippen LogP contribution in [0, 0.1) is 0 Å². The van der Waals surface area contributed by atoms with Crippen molar-refractivity contribution >= 4 is 80.2 Å². The maximum Gasteiger partial charge on any atom is 0.355 e. The van der Waals surface area contributed by atoms with Crippen LogP contribution in [-0.4, -0.2) is 80.6 Å². The Morgan fingerprint density at radius 3 is 1.79 bits per heavy atom. The second kappa shape index (κ2) is 10.5. The van der Waals surface area contributed by atoms with Crippen LogP contribution in [0.3, 0.4) is 0 Å². The Morgan fingerprint density at radius 2 is 1.30 bits per heavy atom. The average molecular weight is 679 g/mol. The topological polar surface area (TPSA) is 312 Å². The Hall–Kier alpha value is -4.23. The minimum absolute atomic E-state index is 0.189. The third kappa shape index (κ3) is 6.42. The SMILES string of the molecule is O=C(O)C1=NN(c2ccc(S(=O)(=O)O)cc2)C(=O)C1N=Nc1cc2c(S(=O)(=O)O)cc(S(=O)(=O)O)cc2cc1S(=O)(=O)O. The van der Waals surface area contributed by atoms with Crippen LogP contribution >= 0.6 is 0 Å². The van der Waals surface area contributed by atoms with Crippen molar-refractivity contribution in [1.82, 2.24) is 0 Å². The van der Waals surface area contributed by atoms with Gasteiger partial charge < -0.3 is 5.11 Å². The summed E-state index contributed by atoms with van der Waals surface area (Å²) in [5.74, 6) is -3.00. The fourth-order valence-corrected chi connectivity index (χ4v) is 6.21. The highest BCUT2D eigenvalue weighted by atomic mass is 32.2. The highest BCUT2D eigenvalue weighted by Crippen LogP contribution is 2.36. The number of hydrogen-bond donors (Lipinski definition) is 5. The van der Waals surface area contributed by atoms with Gasteiger partial charge in [0, 0.05) is 5.39 Å². The quantitative estimate of drug-likeness (QED) is 0.162. The van der Waals surface area contributed by atoms with Crippen molar-refractivity contribution in [3.63, 3.8) is 0 Å². The van der Waals surface area contributed by atoms with E-state index in [0.29, 0.717) is 29.3 Å². The van der Waals surface area contributed by atoms with E-state index in [9.17, 15) is 62.0 Å². The summed E-state index contributed by atoms with van der Waals surface area (Å²) in [6.07, 6.45) is 0. The van der Waals surface area contributed by atoms with E-state index in [4.69, 9.17) is 4.55 Å². The van der Waals surface area contributed by atoms with E-state index >= 15 is 0 Å². The van der Waals surface area contributed by atoms with E-state index in [0.717, 1.165) is 24.3 Å². The van der Waals surface area contributed by atoms with Gasteiger partial charge in [0.05, 0.1) is 15.5 Å². The van der Waals surface area contributed by atoms with Gasteiger partial charge >= 0.3 is 5.97 Å². The number of carbonyl (C=O) groups excluding carboxylic acids is 1. The minimum Gasteiger partial charge on any atom is -0.477 e. The van der Waals surface area contributed by atoms with Crippen molar-refractivity contribution in [3.8, 4) is 0 Å². The van der Waals surface area contributed by atoms with Crippen LogP contribution in [0.4, 0.5) is 11.4 Å². The number of fused-ring (bicyclic) bond motifs is 1. The van der Waals surface area contributed by atoms with Crippen LogP contribution in [0.5, 0.6) is 0 Å². The van der Waals surface area contributed by atoms with E-state index in [1.165, 1.54) is 0 Å². The van der Waals surface area contributed by atoms with Gasteiger partial charge in [0.15, 0.2) is 5.71 Å². The monoisotopic (exact) mass is 678 g/mol. The molecule has 4 rings (SSSR count). The van der Waals surface area contributed by atoms with Crippen molar-refractivity contribution in [2.45, 2.75) is 25.6 Å². The molecule has 19 nitrogen and oxygen atoms in total. The largest absolute Gasteiger partial charge is 0.477 e. The number of benzene rings is 3. The summed E-state index contributed by atoms with van der Waals surface area (Å²) in [5.41, 5.74) is -2.06. The number of carboxylic acids is 1. The Bertz CT molecular complexity index is 2230. The summed E-state index contributed by atoms with van der Waals surface area (Å²) in [6, 6.07) is 3.69. The standard InChI is InChI=1S/C20H14N4O15S4/c25-19-17(18(20(26)27)23-24(19)10-1-3-11(4-2-10)40(28,29)30)22-21-14-8-13-9(6-16(14)43(37,38)39)5-12(41(31,32)33)7-15(13)42(34,35)36/h1-8,17H,(H,26,27)(H,28,29,30)(H,31,32,33)(H,34,35,36)(H,37,38,39). The van der Waals surface area contributed by atoms with Gasteiger partial charge in [0.25, 0.3) is 46.4 Å². The lowest BCUT2D eigenvalue weighted by Gasteiger charge is -2.13. The molecular formula is C20H14N4O15S4. The molecule has 23 heteroatoms. The van der Waals surface area contributed by atoms with E-state index in [1.54, 1.807) is 0 Å². The van der Waals surface area contributed by atoms with Crippen LogP contribution in [0.25, 0.3) is 10.8 Å². The van der Waals surface area contributed by atoms with Gasteiger partial charge in [-0.15, -0.1) is 0 Å². The van der Waals surface area contributed by atoms with Crippen LogP contribution in [0.15, 0.2) is 83.4 Å². The van der Waals surface area contributed by atoms with Crippen molar-refractivity contribution in [2.24, 2.45) is 15.3 Å². The number of carboxylic acid groups (broad SMARTS) is 1. The maximum atomic E-state index is 13.0. The number of amides is 1. The summed E-state index contributed by atoms with van der Waals surface area (Å²) in [7, 11) is -20.2. The van der Waals surface area contributed by atoms with Gasteiger partial charge in [-0.3, -0.25) is 23.0 Å². The Balaban J connectivity index is 1.87. The molecule has 0 spiro atoms. The summed E-state index contributed by atoms with van der Waals surface area (Å²) >= 11 is 0. The molecule has 228 valence electrons. The van der Waals surface area contributed by atoms with Gasteiger partial charge in [-0.2, -0.15) is 54.0 Å². The molecule has 0 bridgehead atoms. The van der Waals surface area contributed by atoms with Crippen molar-refractivity contribution < 1.29 is 66.6 Å². The second-order valence-corrected chi connectivity index (χ2v) is 14.0. The predicted molar refractivity (Wildman–Crippen MR) is 141 cm³/mol. The number of anilines is 1. The van der Waals surface area contributed by atoms with Crippen molar-refractivity contribution in [1.29, 1.82) is 0 Å². The first-order valence-corrected chi connectivity index (χ1v) is 16.5. The first-order valence-electron chi connectivity index (χ1n) is 10.8. The predicted octanol–water partition coefficient (Wildman–Crippen LogP) is 0.766. The number of azo groups is 1. The molecule has 3 aromatic rings.